The standard InChI is InChI=1S/C11H22N2O6S/c1-20-3-2-8(10(18)19)13-9(17)4-12-11(5-14,6-15)7-16/h8,12,14-16H,2-7H2,1H3,(H,13,17)(H,18,19). The van der Waals surface area contributed by atoms with Crippen LogP contribution < -0.4 is 10.6 Å². The molecular formula is C11H22N2O6S. The van der Waals surface area contributed by atoms with Crippen LogP contribution in [0.15, 0.2) is 0 Å². The quantitative estimate of drug-likeness (QED) is 0.249. The first-order chi connectivity index (χ1) is 9.44. The molecule has 0 rings (SSSR count). The van der Waals surface area contributed by atoms with E-state index in [0.29, 0.717) is 12.2 Å². The number of nitrogens with one attached hydrogen (secondary N) is 2. The van der Waals surface area contributed by atoms with Gasteiger partial charge in [0.2, 0.25) is 5.91 Å². The number of rotatable bonds is 11. The van der Waals surface area contributed by atoms with Crippen LogP contribution in [-0.2, 0) is 9.59 Å². The van der Waals surface area contributed by atoms with Crippen LogP contribution in [0.1, 0.15) is 6.42 Å². The third-order valence-corrected chi connectivity index (χ3v) is 3.42. The van der Waals surface area contributed by atoms with E-state index in [2.05, 4.69) is 10.6 Å². The van der Waals surface area contributed by atoms with Gasteiger partial charge in [-0.2, -0.15) is 11.8 Å². The lowest BCUT2D eigenvalue weighted by molar-refractivity contribution is -0.141. The van der Waals surface area contributed by atoms with Crippen molar-refractivity contribution in [2.45, 2.75) is 18.0 Å². The van der Waals surface area contributed by atoms with E-state index in [1.807, 2.05) is 6.26 Å². The zero-order valence-corrected chi connectivity index (χ0v) is 12.2. The Bertz CT molecular complexity index is 303. The lowest BCUT2D eigenvalue weighted by Crippen LogP contribution is -2.58. The van der Waals surface area contributed by atoms with Crippen molar-refractivity contribution in [2.24, 2.45) is 0 Å². The largest absolute Gasteiger partial charge is 0.480 e. The minimum Gasteiger partial charge on any atom is -0.480 e. The zero-order valence-electron chi connectivity index (χ0n) is 11.3. The molecule has 6 N–H and O–H groups in total. The van der Waals surface area contributed by atoms with E-state index in [9.17, 15) is 9.59 Å². The molecule has 20 heavy (non-hydrogen) atoms. The highest BCUT2D eigenvalue weighted by molar-refractivity contribution is 7.98. The summed E-state index contributed by atoms with van der Waals surface area (Å²) in [6.07, 6.45) is 2.13. The summed E-state index contributed by atoms with van der Waals surface area (Å²) in [4.78, 5) is 22.6. The summed E-state index contributed by atoms with van der Waals surface area (Å²) >= 11 is 1.47. The van der Waals surface area contributed by atoms with E-state index in [1.165, 1.54) is 11.8 Å². The SMILES string of the molecule is CSCCC(NC(=O)CNC(CO)(CO)CO)C(=O)O. The predicted octanol–water partition coefficient (Wildman–Crippen LogP) is -2.39. The summed E-state index contributed by atoms with van der Waals surface area (Å²) in [5, 5.41) is 41.0. The van der Waals surface area contributed by atoms with Crippen molar-refractivity contribution in [3.05, 3.63) is 0 Å². The third-order valence-electron chi connectivity index (χ3n) is 2.78. The molecule has 0 bridgehead atoms. The van der Waals surface area contributed by atoms with Crippen molar-refractivity contribution in [1.29, 1.82) is 0 Å². The number of carbonyl (C=O) groups excluding carboxylic acids is 1. The Balaban J connectivity index is 4.35. The number of hydrogen-bond acceptors (Lipinski definition) is 7. The number of thioether (sulfide) groups is 1. The van der Waals surface area contributed by atoms with E-state index in [4.69, 9.17) is 20.4 Å². The van der Waals surface area contributed by atoms with Gasteiger partial charge in [-0.05, 0) is 18.4 Å². The fourth-order valence-corrected chi connectivity index (χ4v) is 1.80. The Labute approximate surface area is 121 Å². The average molecular weight is 310 g/mol. The van der Waals surface area contributed by atoms with Crippen molar-refractivity contribution < 1.29 is 30.0 Å². The Morgan fingerprint density at radius 2 is 1.75 bits per heavy atom. The van der Waals surface area contributed by atoms with E-state index in [-0.39, 0.29) is 6.54 Å². The molecule has 0 spiro atoms. The second kappa shape index (κ2) is 9.94. The number of carbonyl (C=O) groups is 2. The molecule has 1 unspecified atom stereocenters. The Morgan fingerprint density at radius 1 is 1.20 bits per heavy atom. The fourth-order valence-electron chi connectivity index (χ4n) is 1.32. The highest BCUT2D eigenvalue weighted by Gasteiger charge is 2.28. The summed E-state index contributed by atoms with van der Waals surface area (Å²) in [7, 11) is 0. The van der Waals surface area contributed by atoms with Gasteiger partial charge in [0.05, 0.1) is 31.9 Å². The van der Waals surface area contributed by atoms with E-state index in [1.54, 1.807) is 0 Å². The molecule has 0 saturated heterocycles. The summed E-state index contributed by atoms with van der Waals surface area (Å²) in [6, 6.07) is -0.983. The van der Waals surface area contributed by atoms with E-state index >= 15 is 0 Å². The smallest absolute Gasteiger partial charge is 0.326 e. The van der Waals surface area contributed by atoms with Crippen LogP contribution in [0.25, 0.3) is 0 Å². The molecule has 0 saturated carbocycles. The van der Waals surface area contributed by atoms with E-state index in [0.717, 1.165) is 0 Å². The molecule has 118 valence electrons. The number of carboxylic acid groups (broad SMARTS) is 1. The van der Waals surface area contributed by atoms with Gasteiger partial charge < -0.3 is 25.7 Å². The van der Waals surface area contributed by atoms with Crippen LogP contribution in [0, 0.1) is 0 Å². The average Bonchev–Trinajstić information content (AvgIpc) is 2.45. The van der Waals surface area contributed by atoms with Crippen molar-refractivity contribution in [2.75, 3.05) is 38.4 Å². The molecule has 0 radical (unpaired) electrons. The molecule has 1 amide bonds. The topological polar surface area (TPSA) is 139 Å². The maximum atomic E-state index is 11.6. The van der Waals surface area contributed by atoms with Crippen molar-refractivity contribution in [3.63, 3.8) is 0 Å². The van der Waals surface area contributed by atoms with Gasteiger partial charge in [0, 0.05) is 0 Å². The van der Waals surface area contributed by atoms with Crippen LogP contribution in [0.5, 0.6) is 0 Å². The molecule has 0 aliphatic rings. The Hall–Kier alpha value is -0.870. The monoisotopic (exact) mass is 310 g/mol. The molecule has 0 aliphatic carbocycles. The Morgan fingerprint density at radius 3 is 2.15 bits per heavy atom. The first-order valence-electron chi connectivity index (χ1n) is 6.03. The molecule has 8 nitrogen and oxygen atoms in total. The van der Waals surface area contributed by atoms with E-state index < -0.39 is 43.3 Å². The molecule has 0 aromatic heterocycles. The minimum absolute atomic E-state index is 0.299. The minimum atomic E-state index is -1.37. The predicted molar refractivity (Wildman–Crippen MR) is 74.6 cm³/mol. The summed E-state index contributed by atoms with van der Waals surface area (Å²) in [5.74, 6) is -1.11. The van der Waals surface area contributed by atoms with Crippen molar-refractivity contribution >= 4 is 23.6 Å². The second-order valence-corrected chi connectivity index (χ2v) is 5.33. The van der Waals surface area contributed by atoms with Crippen LogP contribution in [0.3, 0.4) is 0 Å². The van der Waals surface area contributed by atoms with Gasteiger partial charge >= 0.3 is 5.97 Å². The van der Waals surface area contributed by atoms with Crippen molar-refractivity contribution in [1.82, 2.24) is 10.6 Å². The number of aliphatic hydroxyl groups excluding tert-OH is 3. The highest BCUT2D eigenvalue weighted by atomic mass is 32.2. The second-order valence-electron chi connectivity index (χ2n) is 4.35. The van der Waals surface area contributed by atoms with Gasteiger partial charge in [0.25, 0.3) is 0 Å². The van der Waals surface area contributed by atoms with Gasteiger partial charge in [0.15, 0.2) is 0 Å². The summed E-state index contributed by atoms with van der Waals surface area (Å²) < 4.78 is 0. The number of aliphatic carboxylic acids is 1. The van der Waals surface area contributed by atoms with Gasteiger partial charge in [-0.25, -0.2) is 4.79 Å². The zero-order chi connectivity index (χ0) is 15.6. The van der Waals surface area contributed by atoms with Crippen LogP contribution in [0.2, 0.25) is 0 Å². The number of amides is 1. The fraction of sp³-hybridized carbons (Fsp3) is 0.818. The van der Waals surface area contributed by atoms with Crippen LogP contribution >= 0.6 is 11.8 Å². The van der Waals surface area contributed by atoms with Crippen LogP contribution in [-0.4, -0.2) is 82.3 Å². The molecular weight excluding hydrogens is 288 g/mol. The first-order valence-corrected chi connectivity index (χ1v) is 7.42. The molecule has 1 atom stereocenters. The Kier molecular flexibility index (Phi) is 9.51. The molecule has 9 heteroatoms. The first kappa shape index (κ1) is 19.1. The number of aliphatic hydroxyl groups is 3. The maximum Gasteiger partial charge on any atom is 0.326 e. The maximum absolute atomic E-state index is 11.6. The number of hydrogen-bond donors (Lipinski definition) is 6. The summed E-state index contributed by atoms with van der Waals surface area (Å²) in [5.41, 5.74) is -1.37. The highest BCUT2D eigenvalue weighted by Crippen LogP contribution is 2.02. The lowest BCUT2D eigenvalue weighted by atomic mass is 10.0. The molecule has 0 aliphatic heterocycles. The van der Waals surface area contributed by atoms with Gasteiger partial charge in [0.1, 0.15) is 6.04 Å². The molecule has 0 aromatic carbocycles. The molecule has 0 heterocycles. The van der Waals surface area contributed by atoms with Crippen molar-refractivity contribution in [3.8, 4) is 0 Å². The number of carboxylic acids is 1. The molecule has 0 aromatic rings. The molecule has 0 fully saturated rings. The summed E-state index contributed by atoms with van der Waals surface area (Å²) in [6.45, 7) is -1.98. The van der Waals surface area contributed by atoms with Gasteiger partial charge in [-0.15, -0.1) is 0 Å². The van der Waals surface area contributed by atoms with Crippen LogP contribution in [0.4, 0.5) is 0 Å². The lowest BCUT2D eigenvalue weighted by Gasteiger charge is -2.28. The van der Waals surface area contributed by atoms with Gasteiger partial charge in [-0.1, -0.05) is 0 Å². The third kappa shape index (κ3) is 6.53. The normalized spacial score (nSPS) is 13.0. The van der Waals surface area contributed by atoms with Gasteiger partial charge in [-0.3, -0.25) is 10.1 Å².